The van der Waals surface area contributed by atoms with E-state index in [0.717, 1.165) is 5.56 Å². The van der Waals surface area contributed by atoms with Crippen molar-refractivity contribution in [3.05, 3.63) is 48.6 Å². The van der Waals surface area contributed by atoms with Crippen molar-refractivity contribution in [1.82, 2.24) is 0 Å². The van der Waals surface area contributed by atoms with Crippen molar-refractivity contribution in [2.24, 2.45) is 5.16 Å². The highest BCUT2D eigenvalue weighted by Gasteiger charge is 2.01. The number of benzene rings is 1. The van der Waals surface area contributed by atoms with Gasteiger partial charge in [0.25, 0.3) is 0 Å². The molecule has 0 bridgehead atoms. The summed E-state index contributed by atoms with van der Waals surface area (Å²) in [7, 11) is 0. The Balaban J connectivity index is 2.87. The standard InChI is InChI=1S/C10H11NO/c1-2-9(8-11-12)10-6-4-3-5-7-10/h2-9,12H,1H2. The second-order valence-electron chi connectivity index (χ2n) is 2.44. The molecule has 0 saturated carbocycles. The van der Waals surface area contributed by atoms with Gasteiger partial charge in [0.15, 0.2) is 0 Å². The zero-order chi connectivity index (χ0) is 8.81. The fourth-order valence-corrected chi connectivity index (χ4v) is 1.03. The van der Waals surface area contributed by atoms with Crippen LogP contribution in [0.3, 0.4) is 0 Å². The van der Waals surface area contributed by atoms with E-state index in [4.69, 9.17) is 5.21 Å². The van der Waals surface area contributed by atoms with Gasteiger partial charge in [0.1, 0.15) is 0 Å². The van der Waals surface area contributed by atoms with Crippen molar-refractivity contribution in [2.45, 2.75) is 5.92 Å². The van der Waals surface area contributed by atoms with Gasteiger partial charge in [0, 0.05) is 5.92 Å². The van der Waals surface area contributed by atoms with E-state index in [9.17, 15) is 0 Å². The summed E-state index contributed by atoms with van der Waals surface area (Å²) in [5, 5.41) is 11.3. The summed E-state index contributed by atoms with van der Waals surface area (Å²) in [5.74, 6) is -0.00352. The minimum absolute atomic E-state index is 0.00352. The van der Waals surface area contributed by atoms with E-state index in [1.54, 1.807) is 6.08 Å². The smallest absolute Gasteiger partial charge is 0.0548 e. The van der Waals surface area contributed by atoms with Crippen LogP contribution in [0.4, 0.5) is 0 Å². The molecule has 0 fully saturated rings. The first-order chi connectivity index (χ1) is 5.88. The average molecular weight is 161 g/mol. The van der Waals surface area contributed by atoms with Gasteiger partial charge in [-0.05, 0) is 5.56 Å². The third kappa shape index (κ3) is 1.95. The number of hydrogen-bond acceptors (Lipinski definition) is 2. The van der Waals surface area contributed by atoms with Gasteiger partial charge in [-0.2, -0.15) is 0 Å². The molecule has 1 atom stereocenters. The van der Waals surface area contributed by atoms with Gasteiger partial charge < -0.3 is 5.21 Å². The maximum atomic E-state index is 8.35. The van der Waals surface area contributed by atoms with E-state index in [2.05, 4.69) is 11.7 Å². The van der Waals surface area contributed by atoms with Crippen LogP contribution in [-0.4, -0.2) is 11.4 Å². The molecular formula is C10H11NO. The van der Waals surface area contributed by atoms with Crippen LogP contribution >= 0.6 is 0 Å². The Morgan fingerprint density at radius 3 is 2.50 bits per heavy atom. The quantitative estimate of drug-likeness (QED) is 0.314. The molecule has 0 spiro atoms. The highest BCUT2D eigenvalue weighted by atomic mass is 16.4. The van der Waals surface area contributed by atoms with Crippen LogP contribution in [0.25, 0.3) is 0 Å². The largest absolute Gasteiger partial charge is 0.411 e. The highest BCUT2D eigenvalue weighted by Crippen LogP contribution is 2.13. The molecule has 0 aromatic heterocycles. The van der Waals surface area contributed by atoms with Crippen molar-refractivity contribution < 1.29 is 5.21 Å². The Kier molecular flexibility index (Phi) is 3.08. The number of allylic oxidation sites excluding steroid dienone is 1. The molecule has 0 amide bonds. The van der Waals surface area contributed by atoms with Crippen LogP contribution in [0, 0.1) is 0 Å². The van der Waals surface area contributed by atoms with E-state index in [1.807, 2.05) is 30.3 Å². The lowest BCUT2D eigenvalue weighted by Gasteiger charge is -2.04. The summed E-state index contributed by atoms with van der Waals surface area (Å²) in [5.41, 5.74) is 1.07. The number of nitrogens with zero attached hydrogens (tertiary/aromatic N) is 1. The lowest BCUT2D eigenvalue weighted by molar-refractivity contribution is 0.320. The molecule has 62 valence electrons. The first-order valence-electron chi connectivity index (χ1n) is 3.73. The molecule has 0 radical (unpaired) electrons. The minimum atomic E-state index is -0.00352. The molecule has 1 unspecified atom stereocenters. The van der Waals surface area contributed by atoms with Crippen LogP contribution in [0.5, 0.6) is 0 Å². The van der Waals surface area contributed by atoms with Gasteiger partial charge in [-0.1, -0.05) is 36.4 Å². The summed E-state index contributed by atoms with van der Waals surface area (Å²) in [6.45, 7) is 3.65. The molecule has 1 rings (SSSR count). The number of oxime groups is 1. The fourth-order valence-electron chi connectivity index (χ4n) is 1.03. The van der Waals surface area contributed by atoms with Crippen LogP contribution < -0.4 is 0 Å². The summed E-state index contributed by atoms with van der Waals surface area (Å²) in [6.07, 6.45) is 3.18. The van der Waals surface area contributed by atoms with Gasteiger partial charge in [0.05, 0.1) is 6.21 Å². The lowest BCUT2D eigenvalue weighted by atomic mass is 10.0. The van der Waals surface area contributed by atoms with E-state index in [0.29, 0.717) is 0 Å². The molecule has 2 nitrogen and oxygen atoms in total. The van der Waals surface area contributed by atoms with Crippen LogP contribution in [-0.2, 0) is 0 Å². The predicted octanol–water partition coefficient (Wildman–Crippen LogP) is 2.42. The Morgan fingerprint density at radius 1 is 1.33 bits per heavy atom. The van der Waals surface area contributed by atoms with Crippen molar-refractivity contribution >= 4 is 6.21 Å². The van der Waals surface area contributed by atoms with E-state index in [-0.39, 0.29) is 5.92 Å². The zero-order valence-electron chi connectivity index (χ0n) is 6.72. The Morgan fingerprint density at radius 2 is 2.00 bits per heavy atom. The molecule has 0 aliphatic heterocycles. The molecule has 1 N–H and O–H groups in total. The maximum absolute atomic E-state index is 8.35. The van der Waals surface area contributed by atoms with Gasteiger partial charge in [-0.15, -0.1) is 11.7 Å². The summed E-state index contributed by atoms with van der Waals surface area (Å²) < 4.78 is 0. The molecular weight excluding hydrogens is 150 g/mol. The normalized spacial score (nSPS) is 13.0. The van der Waals surface area contributed by atoms with E-state index >= 15 is 0 Å². The number of rotatable bonds is 3. The summed E-state index contributed by atoms with van der Waals surface area (Å²) in [6, 6.07) is 9.76. The van der Waals surface area contributed by atoms with Crippen LogP contribution in [0.15, 0.2) is 48.1 Å². The van der Waals surface area contributed by atoms with Gasteiger partial charge in [0.2, 0.25) is 0 Å². The molecule has 0 saturated heterocycles. The first-order valence-corrected chi connectivity index (χ1v) is 3.73. The van der Waals surface area contributed by atoms with Crippen molar-refractivity contribution in [2.75, 3.05) is 0 Å². The predicted molar refractivity (Wildman–Crippen MR) is 49.7 cm³/mol. The van der Waals surface area contributed by atoms with Gasteiger partial charge in [-0.25, -0.2) is 0 Å². The minimum Gasteiger partial charge on any atom is -0.411 e. The van der Waals surface area contributed by atoms with Gasteiger partial charge in [-0.3, -0.25) is 0 Å². The summed E-state index contributed by atoms with van der Waals surface area (Å²) in [4.78, 5) is 0. The van der Waals surface area contributed by atoms with Crippen LogP contribution in [0.1, 0.15) is 11.5 Å². The molecule has 1 aromatic carbocycles. The monoisotopic (exact) mass is 161 g/mol. The average Bonchev–Trinajstić information content (AvgIpc) is 2.15. The Labute approximate surface area is 71.8 Å². The highest BCUT2D eigenvalue weighted by molar-refractivity contribution is 5.69. The van der Waals surface area contributed by atoms with E-state index in [1.165, 1.54) is 6.21 Å². The Bertz CT molecular complexity index is 266. The fraction of sp³-hybridized carbons (Fsp3) is 0.100. The molecule has 1 aromatic rings. The second kappa shape index (κ2) is 4.34. The topological polar surface area (TPSA) is 32.6 Å². The molecule has 0 aliphatic carbocycles. The van der Waals surface area contributed by atoms with Gasteiger partial charge >= 0.3 is 0 Å². The SMILES string of the molecule is C=CC(C=NO)c1ccccc1. The maximum Gasteiger partial charge on any atom is 0.0548 e. The Hall–Kier alpha value is -1.57. The molecule has 2 heteroatoms. The zero-order valence-corrected chi connectivity index (χ0v) is 6.72. The van der Waals surface area contributed by atoms with E-state index < -0.39 is 0 Å². The van der Waals surface area contributed by atoms with Crippen molar-refractivity contribution in [3.63, 3.8) is 0 Å². The third-order valence-corrected chi connectivity index (χ3v) is 1.67. The van der Waals surface area contributed by atoms with Crippen LogP contribution in [0.2, 0.25) is 0 Å². The summed E-state index contributed by atoms with van der Waals surface area (Å²) >= 11 is 0. The molecule has 12 heavy (non-hydrogen) atoms. The second-order valence-corrected chi connectivity index (χ2v) is 2.44. The first kappa shape index (κ1) is 8.53. The van der Waals surface area contributed by atoms with Crippen molar-refractivity contribution in [1.29, 1.82) is 0 Å². The molecule has 0 aliphatic rings. The third-order valence-electron chi connectivity index (χ3n) is 1.67. The molecule has 0 heterocycles. The number of hydrogen-bond donors (Lipinski definition) is 1. The lowest BCUT2D eigenvalue weighted by Crippen LogP contribution is -1.95. The van der Waals surface area contributed by atoms with Crippen molar-refractivity contribution in [3.8, 4) is 0 Å².